The highest BCUT2D eigenvalue weighted by Crippen LogP contribution is 2.19. The second kappa shape index (κ2) is 3.94. The first-order valence-electron chi connectivity index (χ1n) is 5.12. The van der Waals surface area contributed by atoms with Crippen LogP contribution in [0.4, 0.5) is 0 Å². The predicted octanol–water partition coefficient (Wildman–Crippen LogP) is 1.25. The molecule has 0 radical (unpaired) electrons. The number of nitrogens with one attached hydrogen (secondary N) is 1. The van der Waals surface area contributed by atoms with Gasteiger partial charge in [0.15, 0.2) is 5.82 Å². The highest BCUT2D eigenvalue weighted by atomic mass is 16.6. The minimum atomic E-state index is 0.286. The predicted molar refractivity (Wildman–Crippen MR) is 57.1 cm³/mol. The third kappa shape index (κ3) is 2.04. The zero-order valence-electron chi connectivity index (χ0n) is 8.59. The van der Waals surface area contributed by atoms with Crippen LogP contribution in [0.15, 0.2) is 30.6 Å². The van der Waals surface area contributed by atoms with Crippen LogP contribution in [-0.2, 0) is 4.74 Å². The molecule has 1 aliphatic heterocycles. The van der Waals surface area contributed by atoms with Gasteiger partial charge in [0.25, 0.3) is 0 Å². The number of nitrogens with zero attached hydrogens (tertiary/aromatic N) is 2. The molecule has 1 aromatic carbocycles. The van der Waals surface area contributed by atoms with Crippen molar-refractivity contribution in [2.24, 2.45) is 0 Å². The minimum Gasteiger partial charge on any atom is -0.491 e. The fourth-order valence-corrected chi connectivity index (χ4v) is 1.41. The lowest BCUT2D eigenvalue weighted by Crippen LogP contribution is -2.03. The fraction of sp³-hybridized carbons (Fsp3) is 0.273. The number of epoxide rings is 1. The quantitative estimate of drug-likeness (QED) is 0.783. The van der Waals surface area contributed by atoms with Gasteiger partial charge in [0.2, 0.25) is 0 Å². The Hall–Kier alpha value is -1.88. The van der Waals surface area contributed by atoms with Gasteiger partial charge in [-0.15, -0.1) is 0 Å². The van der Waals surface area contributed by atoms with Crippen molar-refractivity contribution in [3.8, 4) is 17.1 Å². The van der Waals surface area contributed by atoms with Gasteiger partial charge in [-0.2, -0.15) is 5.10 Å². The van der Waals surface area contributed by atoms with Crippen molar-refractivity contribution in [2.75, 3.05) is 13.2 Å². The van der Waals surface area contributed by atoms with E-state index in [4.69, 9.17) is 9.47 Å². The Bertz CT molecular complexity index is 449. The monoisotopic (exact) mass is 217 g/mol. The SMILES string of the molecule is c1n[nH]c(-c2ccc(OCC3CO3)cc2)n1. The molecule has 1 N–H and O–H groups in total. The van der Waals surface area contributed by atoms with E-state index in [0.717, 1.165) is 23.7 Å². The molecule has 5 heteroatoms. The van der Waals surface area contributed by atoms with Crippen LogP contribution in [0.1, 0.15) is 0 Å². The van der Waals surface area contributed by atoms with Gasteiger partial charge >= 0.3 is 0 Å². The lowest BCUT2D eigenvalue weighted by atomic mass is 10.2. The van der Waals surface area contributed by atoms with Crippen molar-refractivity contribution in [1.82, 2.24) is 15.2 Å². The average molecular weight is 217 g/mol. The molecule has 0 bridgehead atoms. The molecule has 2 heterocycles. The molecule has 1 saturated heterocycles. The van der Waals surface area contributed by atoms with Crippen molar-refractivity contribution >= 4 is 0 Å². The van der Waals surface area contributed by atoms with E-state index >= 15 is 0 Å². The number of H-pyrrole nitrogens is 1. The van der Waals surface area contributed by atoms with Crippen molar-refractivity contribution in [3.63, 3.8) is 0 Å². The molecule has 1 aliphatic rings. The van der Waals surface area contributed by atoms with Crippen LogP contribution >= 0.6 is 0 Å². The lowest BCUT2D eigenvalue weighted by molar-refractivity contribution is 0.263. The Labute approximate surface area is 92.4 Å². The average Bonchev–Trinajstić information content (AvgIpc) is 3.00. The minimum absolute atomic E-state index is 0.286. The maximum absolute atomic E-state index is 5.53. The van der Waals surface area contributed by atoms with E-state index in [9.17, 15) is 0 Å². The summed E-state index contributed by atoms with van der Waals surface area (Å²) in [4.78, 5) is 4.07. The first-order chi connectivity index (χ1) is 7.92. The van der Waals surface area contributed by atoms with Crippen molar-refractivity contribution in [2.45, 2.75) is 6.10 Å². The smallest absolute Gasteiger partial charge is 0.155 e. The van der Waals surface area contributed by atoms with Crippen molar-refractivity contribution in [3.05, 3.63) is 30.6 Å². The maximum atomic E-state index is 5.53. The van der Waals surface area contributed by atoms with E-state index in [-0.39, 0.29) is 6.10 Å². The van der Waals surface area contributed by atoms with E-state index in [1.165, 1.54) is 6.33 Å². The normalized spacial score (nSPS) is 18.4. The summed E-state index contributed by atoms with van der Waals surface area (Å²) in [7, 11) is 0. The largest absolute Gasteiger partial charge is 0.491 e. The molecule has 1 aromatic heterocycles. The third-order valence-electron chi connectivity index (χ3n) is 2.38. The second-order valence-electron chi connectivity index (χ2n) is 3.62. The maximum Gasteiger partial charge on any atom is 0.155 e. The molecule has 0 aliphatic carbocycles. The summed E-state index contributed by atoms with van der Waals surface area (Å²) in [5, 5.41) is 6.62. The van der Waals surface area contributed by atoms with Gasteiger partial charge in [-0.3, -0.25) is 5.10 Å². The second-order valence-corrected chi connectivity index (χ2v) is 3.62. The molecular weight excluding hydrogens is 206 g/mol. The Morgan fingerprint density at radius 1 is 1.38 bits per heavy atom. The van der Waals surface area contributed by atoms with Gasteiger partial charge < -0.3 is 9.47 Å². The Morgan fingerprint density at radius 2 is 2.19 bits per heavy atom. The van der Waals surface area contributed by atoms with Gasteiger partial charge in [0.1, 0.15) is 24.8 Å². The van der Waals surface area contributed by atoms with Crippen LogP contribution in [0.25, 0.3) is 11.4 Å². The molecule has 3 rings (SSSR count). The van der Waals surface area contributed by atoms with Crippen LogP contribution < -0.4 is 4.74 Å². The molecule has 2 aromatic rings. The van der Waals surface area contributed by atoms with Crippen molar-refractivity contribution in [1.29, 1.82) is 0 Å². The van der Waals surface area contributed by atoms with Gasteiger partial charge in [-0.25, -0.2) is 4.98 Å². The molecular formula is C11H11N3O2. The number of benzene rings is 1. The molecule has 16 heavy (non-hydrogen) atoms. The summed E-state index contributed by atoms with van der Waals surface area (Å²) in [6.45, 7) is 1.44. The Balaban J connectivity index is 1.69. The van der Waals surface area contributed by atoms with Gasteiger partial charge in [-0.1, -0.05) is 0 Å². The van der Waals surface area contributed by atoms with Crippen LogP contribution in [0.5, 0.6) is 5.75 Å². The zero-order chi connectivity index (χ0) is 10.8. The molecule has 1 atom stereocenters. The topological polar surface area (TPSA) is 63.3 Å². The number of hydrogen-bond acceptors (Lipinski definition) is 4. The van der Waals surface area contributed by atoms with Crippen LogP contribution in [-0.4, -0.2) is 34.5 Å². The number of rotatable bonds is 4. The van der Waals surface area contributed by atoms with Crippen LogP contribution in [0.3, 0.4) is 0 Å². The highest BCUT2D eigenvalue weighted by molar-refractivity contribution is 5.55. The van der Waals surface area contributed by atoms with E-state index in [0.29, 0.717) is 6.61 Å². The molecule has 0 spiro atoms. The summed E-state index contributed by atoms with van der Waals surface area (Å²) in [6, 6.07) is 7.73. The number of hydrogen-bond donors (Lipinski definition) is 1. The van der Waals surface area contributed by atoms with E-state index in [2.05, 4.69) is 15.2 Å². The van der Waals surface area contributed by atoms with Crippen LogP contribution in [0.2, 0.25) is 0 Å². The number of aromatic nitrogens is 3. The summed E-state index contributed by atoms with van der Waals surface area (Å²) < 4.78 is 10.6. The van der Waals surface area contributed by atoms with Gasteiger partial charge in [-0.05, 0) is 24.3 Å². The third-order valence-corrected chi connectivity index (χ3v) is 2.38. The highest BCUT2D eigenvalue weighted by Gasteiger charge is 2.22. The first kappa shape index (κ1) is 9.35. The fourth-order valence-electron chi connectivity index (χ4n) is 1.41. The van der Waals surface area contributed by atoms with Gasteiger partial charge in [0, 0.05) is 5.56 Å². The number of aromatic amines is 1. The molecule has 0 amide bonds. The number of ether oxygens (including phenoxy) is 2. The first-order valence-corrected chi connectivity index (χ1v) is 5.12. The summed E-state index contributed by atoms with van der Waals surface area (Å²) >= 11 is 0. The van der Waals surface area contributed by atoms with E-state index in [1.807, 2.05) is 24.3 Å². The Kier molecular flexibility index (Phi) is 2.30. The molecule has 1 fully saturated rings. The molecule has 1 unspecified atom stereocenters. The van der Waals surface area contributed by atoms with E-state index < -0.39 is 0 Å². The van der Waals surface area contributed by atoms with Crippen LogP contribution in [0, 0.1) is 0 Å². The summed E-state index contributed by atoms with van der Waals surface area (Å²) in [5.41, 5.74) is 0.993. The van der Waals surface area contributed by atoms with E-state index in [1.54, 1.807) is 0 Å². The zero-order valence-corrected chi connectivity index (χ0v) is 8.59. The lowest BCUT2D eigenvalue weighted by Gasteiger charge is -2.04. The summed E-state index contributed by atoms with van der Waals surface area (Å²) in [5.74, 6) is 1.61. The Morgan fingerprint density at radius 3 is 2.81 bits per heavy atom. The van der Waals surface area contributed by atoms with Crippen molar-refractivity contribution < 1.29 is 9.47 Å². The summed E-state index contributed by atoms with van der Waals surface area (Å²) in [6.07, 6.45) is 1.78. The molecule has 0 saturated carbocycles. The van der Waals surface area contributed by atoms with Gasteiger partial charge in [0.05, 0.1) is 6.61 Å². The molecule has 5 nitrogen and oxygen atoms in total. The molecule has 82 valence electrons. The standard InChI is InChI=1S/C11H11N3O2/c1-3-9(15-5-10-6-16-10)4-2-8(1)11-12-7-13-14-11/h1-4,7,10H,5-6H2,(H,12,13,14).